The Morgan fingerprint density at radius 2 is 1.59 bits per heavy atom. The summed E-state index contributed by atoms with van der Waals surface area (Å²) in [6, 6.07) is 4.11. The van der Waals surface area contributed by atoms with Crippen molar-refractivity contribution in [2.75, 3.05) is 22.1 Å². The van der Waals surface area contributed by atoms with Crippen LogP contribution in [0.1, 0.15) is 12.5 Å². The van der Waals surface area contributed by atoms with Crippen LogP contribution in [0.4, 0.5) is 17.2 Å². The predicted octanol–water partition coefficient (Wildman–Crippen LogP) is -4.73. The summed E-state index contributed by atoms with van der Waals surface area (Å²) in [7, 11) is 0. The second-order valence-electron chi connectivity index (χ2n) is 11.3. The smallest absolute Gasteiger partial charge is 0.327 e. The van der Waals surface area contributed by atoms with Crippen molar-refractivity contribution in [2.24, 2.45) is 5.92 Å². The van der Waals surface area contributed by atoms with Crippen molar-refractivity contribution in [3.8, 4) is 0 Å². The maximum Gasteiger partial charge on any atom is 0.327 e. The molecule has 4 heterocycles. The summed E-state index contributed by atoms with van der Waals surface area (Å²) >= 11 is 3.24. The SMILES string of the molecule is C[C@]1(O)C(=O)N2c3c([nH]c(=O)[nH]c3=O)NC[C@@]2(O)[C@H](C(=O)OC2[C@@H](O)[C@@H](O)C(O)[C@H](O)[C@H]2O)[C@]12C(=O)Nc1cc(Br)ccc12. The van der Waals surface area contributed by atoms with Crippen LogP contribution in [0.3, 0.4) is 0 Å². The minimum Gasteiger partial charge on any atom is -0.456 e. The summed E-state index contributed by atoms with van der Waals surface area (Å²) in [5.41, 5.74) is -11.7. The van der Waals surface area contributed by atoms with Crippen molar-refractivity contribution < 1.29 is 54.9 Å². The third-order valence-electron chi connectivity index (χ3n) is 8.91. The Labute approximate surface area is 253 Å². The van der Waals surface area contributed by atoms with Gasteiger partial charge in [0.25, 0.3) is 11.5 Å². The van der Waals surface area contributed by atoms with E-state index in [4.69, 9.17) is 4.74 Å². The lowest BCUT2D eigenvalue weighted by atomic mass is 9.54. The lowest BCUT2D eigenvalue weighted by molar-refractivity contribution is -0.242. The van der Waals surface area contributed by atoms with E-state index in [2.05, 4.69) is 31.5 Å². The van der Waals surface area contributed by atoms with Gasteiger partial charge < -0.3 is 51.1 Å². The highest BCUT2D eigenvalue weighted by Gasteiger charge is 2.79. The lowest BCUT2D eigenvalue weighted by Crippen LogP contribution is -2.83. The van der Waals surface area contributed by atoms with Crippen LogP contribution in [0.25, 0.3) is 0 Å². The number of aromatic nitrogens is 2. The Hall–Kier alpha value is -3.69. The number of aliphatic hydroxyl groups is 7. The maximum atomic E-state index is 14.3. The number of halogens is 1. The molecule has 6 rings (SSSR count). The van der Waals surface area contributed by atoms with Gasteiger partial charge in [-0.3, -0.25) is 34.0 Å². The van der Waals surface area contributed by atoms with Gasteiger partial charge in [-0.25, -0.2) is 4.79 Å². The maximum absolute atomic E-state index is 14.3. The molecule has 44 heavy (non-hydrogen) atoms. The molecule has 19 heteroatoms. The van der Waals surface area contributed by atoms with Crippen LogP contribution in [-0.2, 0) is 24.5 Å². The molecule has 1 aromatic heterocycles. The zero-order valence-corrected chi connectivity index (χ0v) is 24.0. The van der Waals surface area contributed by atoms with E-state index in [-0.39, 0.29) is 17.1 Å². The zero-order chi connectivity index (χ0) is 32.3. The van der Waals surface area contributed by atoms with Gasteiger partial charge >= 0.3 is 11.7 Å². The summed E-state index contributed by atoms with van der Waals surface area (Å²) in [6.07, 6.45) is -12.8. The Kier molecular flexibility index (Phi) is 6.66. The van der Waals surface area contributed by atoms with Gasteiger partial charge in [0.05, 0.1) is 6.54 Å². The van der Waals surface area contributed by atoms with E-state index < -0.39 is 101 Å². The molecule has 1 aromatic carbocycles. The fraction of sp³-hybridized carbons (Fsp3) is 0.480. The molecule has 4 aliphatic rings. The summed E-state index contributed by atoms with van der Waals surface area (Å²) in [4.78, 5) is 71.9. The average molecular weight is 684 g/mol. The van der Waals surface area contributed by atoms with Crippen LogP contribution in [0.2, 0.25) is 0 Å². The highest BCUT2D eigenvalue weighted by Crippen LogP contribution is 2.59. The monoisotopic (exact) mass is 683 g/mol. The van der Waals surface area contributed by atoms with Crippen molar-refractivity contribution in [3.05, 3.63) is 49.1 Å². The molecule has 10 atom stereocenters. The largest absolute Gasteiger partial charge is 0.456 e. The summed E-state index contributed by atoms with van der Waals surface area (Å²) in [5.74, 6) is -6.96. The van der Waals surface area contributed by atoms with Crippen LogP contribution < -0.4 is 26.8 Å². The van der Waals surface area contributed by atoms with Gasteiger partial charge in [0, 0.05) is 10.2 Å². The van der Waals surface area contributed by atoms with E-state index in [9.17, 15) is 59.7 Å². The average Bonchev–Trinajstić information content (AvgIpc) is 3.23. The molecule has 1 aliphatic carbocycles. The minimum absolute atomic E-state index is 0.0188. The third kappa shape index (κ3) is 3.68. The van der Waals surface area contributed by atoms with Crippen molar-refractivity contribution >= 4 is 50.9 Å². The summed E-state index contributed by atoms with van der Waals surface area (Å²) < 4.78 is 5.80. The third-order valence-corrected chi connectivity index (χ3v) is 9.40. The quantitative estimate of drug-likeness (QED) is 0.133. The van der Waals surface area contributed by atoms with Gasteiger partial charge in [0.2, 0.25) is 5.91 Å². The standard InChI is InChI=1S/C25H26BrN5O13/c1-23(42)21(40)31-9-17(29-22(41)30-18(9)37)27-5-24(31,43)16(25(23)7-3-2-6(26)4-8(7)28-20(25)39)19(38)44-15-13(35)11(33)10(32)12(34)14(15)36/h2-4,10-16,32-36,42-43H,5H2,1H3,(H,28,39)(H3,27,29,30,37,41)/t10?,11-,12-,13-,14+,15?,16-,23-,24+,25+/m0/s1. The number of anilines is 3. The van der Waals surface area contributed by atoms with Gasteiger partial charge in [-0.05, 0) is 24.6 Å². The fourth-order valence-corrected chi connectivity index (χ4v) is 7.18. The number of carbonyl (C=O) groups excluding carboxylic acids is 3. The number of nitrogens with zero attached hydrogens (tertiary/aromatic N) is 1. The number of aliphatic hydroxyl groups excluding tert-OH is 5. The van der Waals surface area contributed by atoms with E-state index in [1.165, 1.54) is 18.2 Å². The van der Waals surface area contributed by atoms with E-state index in [0.717, 1.165) is 6.92 Å². The molecule has 2 aromatic rings. The highest BCUT2D eigenvalue weighted by molar-refractivity contribution is 9.10. The fourth-order valence-electron chi connectivity index (χ4n) is 6.82. The number of H-pyrrole nitrogens is 2. The van der Waals surface area contributed by atoms with Crippen molar-refractivity contribution in [1.82, 2.24) is 9.97 Å². The number of nitrogens with one attached hydrogen (secondary N) is 4. The number of carbonyl (C=O) groups is 3. The number of hydrogen-bond donors (Lipinski definition) is 11. The Bertz CT molecular complexity index is 1710. The van der Waals surface area contributed by atoms with Gasteiger partial charge in [-0.15, -0.1) is 0 Å². The molecule has 0 bridgehead atoms. The second-order valence-corrected chi connectivity index (χ2v) is 12.2. The molecule has 2 fully saturated rings. The van der Waals surface area contributed by atoms with Crippen molar-refractivity contribution in [1.29, 1.82) is 0 Å². The van der Waals surface area contributed by atoms with Crippen LogP contribution >= 0.6 is 15.9 Å². The Morgan fingerprint density at radius 3 is 2.23 bits per heavy atom. The number of ether oxygens (including phenoxy) is 1. The van der Waals surface area contributed by atoms with Crippen molar-refractivity contribution in [2.45, 2.75) is 60.3 Å². The van der Waals surface area contributed by atoms with Gasteiger partial charge in [0.15, 0.2) is 23.1 Å². The van der Waals surface area contributed by atoms with Crippen LogP contribution in [-0.4, -0.2) is 118 Å². The zero-order valence-electron chi connectivity index (χ0n) is 22.4. The van der Waals surface area contributed by atoms with Gasteiger partial charge in [0.1, 0.15) is 47.7 Å². The van der Waals surface area contributed by atoms with Gasteiger partial charge in [-0.2, -0.15) is 0 Å². The Balaban J connectivity index is 1.60. The normalized spacial score (nSPS) is 39.2. The van der Waals surface area contributed by atoms with Crippen LogP contribution in [0, 0.1) is 5.92 Å². The lowest BCUT2D eigenvalue weighted by Gasteiger charge is -2.59. The topological polar surface area (TPSA) is 295 Å². The number of esters is 1. The number of rotatable bonds is 2. The van der Waals surface area contributed by atoms with Crippen molar-refractivity contribution in [3.63, 3.8) is 0 Å². The van der Waals surface area contributed by atoms with E-state index in [1.54, 1.807) is 0 Å². The molecule has 18 nitrogen and oxygen atoms in total. The summed E-state index contributed by atoms with van der Waals surface area (Å²) in [5, 5.41) is 80.9. The first-order chi connectivity index (χ1) is 20.5. The molecule has 1 spiro atoms. The number of fused-ring (bicyclic) bond motifs is 5. The predicted molar refractivity (Wildman–Crippen MR) is 147 cm³/mol. The van der Waals surface area contributed by atoms with E-state index in [0.29, 0.717) is 9.37 Å². The van der Waals surface area contributed by atoms with Gasteiger partial charge in [-0.1, -0.05) is 22.0 Å². The number of piperidine rings is 1. The number of amides is 2. The first-order valence-electron chi connectivity index (χ1n) is 13.1. The van der Waals surface area contributed by atoms with E-state index in [1.807, 2.05) is 4.98 Å². The minimum atomic E-state index is -2.96. The number of hydrogen-bond acceptors (Lipinski definition) is 14. The second kappa shape index (κ2) is 9.65. The van der Waals surface area contributed by atoms with Crippen LogP contribution in [0.5, 0.6) is 0 Å². The molecule has 1 saturated heterocycles. The molecular weight excluding hydrogens is 658 g/mol. The summed E-state index contributed by atoms with van der Waals surface area (Å²) in [6.45, 7) is 0.0310. The molecule has 236 valence electrons. The molecular formula is C25H26BrN5O13. The first-order valence-corrected chi connectivity index (χ1v) is 13.9. The van der Waals surface area contributed by atoms with E-state index >= 15 is 0 Å². The molecule has 3 aliphatic heterocycles. The first kappa shape index (κ1) is 30.3. The molecule has 2 amide bonds. The van der Waals surface area contributed by atoms with Crippen LogP contribution in [0.15, 0.2) is 32.3 Å². The Morgan fingerprint density at radius 1 is 0.977 bits per heavy atom. The highest BCUT2D eigenvalue weighted by atomic mass is 79.9. The molecule has 2 unspecified atom stereocenters. The molecule has 1 saturated carbocycles. The number of β-amino-alcohol motifs (C(OH)–C–C–N with tert-alkyl or cyclic N) is 1. The number of aromatic amines is 2. The number of benzene rings is 1. The molecule has 11 N–H and O–H groups in total. The molecule has 0 radical (unpaired) electrons.